The van der Waals surface area contributed by atoms with Gasteiger partial charge in [0.1, 0.15) is 28.5 Å². The van der Waals surface area contributed by atoms with Gasteiger partial charge in [0.25, 0.3) is 5.91 Å². The molecule has 10 nitrogen and oxygen atoms in total. The van der Waals surface area contributed by atoms with Crippen molar-refractivity contribution in [3.63, 3.8) is 0 Å². The van der Waals surface area contributed by atoms with Crippen LogP contribution in [0.4, 0.5) is 19.1 Å². The van der Waals surface area contributed by atoms with E-state index in [0.29, 0.717) is 35.6 Å². The third kappa shape index (κ3) is 5.68. The van der Waals surface area contributed by atoms with E-state index in [2.05, 4.69) is 15.0 Å². The Kier molecular flexibility index (Phi) is 8.50. The standard InChI is InChI=1S/C27H30F3N5O5/c1-4-5-7-16-20(21-17(39-2)8-6-9-18(21)40-3)23(36)22(24(37)32-16)25(38)34-12-14-35(15-13-34)26-31-11-10-19(33-26)27(28,29)30/h6,8-11H,4-5,7,12-15H2,1-3H3,(H2,32,36,37). The second kappa shape index (κ2) is 11.8. The number of aryl methyl sites for hydroxylation is 1. The van der Waals surface area contributed by atoms with Gasteiger partial charge in [0.15, 0.2) is 0 Å². The number of alkyl halides is 3. The molecule has 214 valence electrons. The van der Waals surface area contributed by atoms with Crippen molar-refractivity contribution >= 4 is 11.9 Å². The summed E-state index contributed by atoms with van der Waals surface area (Å²) in [4.78, 5) is 28.4. The van der Waals surface area contributed by atoms with Crippen LogP contribution in [0.5, 0.6) is 23.1 Å². The zero-order valence-electron chi connectivity index (χ0n) is 22.3. The van der Waals surface area contributed by atoms with Crippen molar-refractivity contribution < 1.29 is 37.7 Å². The van der Waals surface area contributed by atoms with Gasteiger partial charge in [0.05, 0.1) is 31.0 Å². The molecule has 1 aromatic carbocycles. The average molecular weight is 562 g/mol. The smallest absolute Gasteiger partial charge is 0.433 e. The molecule has 40 heavy (non-hydrogen) atoms. The van der Waals surface area contributed by atoms with Crippen LogP contribution < -0.4 is 14.4 Å². The van der Waals surface area contributed by atoms with Gasteiger partial charge in [-0.1, -0.05) is 19.4 Å². The lowest BCUT2D eigenvalue weighted by Crippen LogP contribution is -2.49. The Labute approximate surface area is 229 Å². The number of unbranched alkanes of at least 4 members (excludes halogenated alkanes) is 1. The minimum Gasteiger partial charge on any atom is -0.506 e. The fraction of sp³-hybridized carbons (Fsp3) is 0.407. The lowest BCUT2D eigenvalue weighted by Gasteiger charge is -2.35. The Balaban J connectivity index is 1.68. The predicted octanol–water partition coefficient (Wildman–Crippen LogP) is 4.29. The van der Waals surface area contributed by atoms with Gasteiger partial charge in [-0.05, 0) is 31.0 Å². The molecule has 0 bridgehead atoms. The Morgan fingerprint density at radius 2 is 1.65 bits per heavy atom. The number of halogens is 3. The van der Waals surface area contributed by atoms with Crippen LogP contribution in [0.1, 0.15) is 41.5 Å². The number of rotatable bonds is 8. The minimum atomic E-state index is -4.61. The zero-order chi connectivity index (χ0) is 29.0. The molecule has 0 radical (unpaired) electrons. The average Bonchev–Trinajstić information content (AvgIpc) is 2.95. The molecule has 0 aliphatic carbocycles. The summed E-state index contributed by atoms with van der Waals surface area (Å²) in [6, 6.07) is 5.88. The summed E-state index contributed by atoms with van der Waals surface area (Å²) in [6.45, 7) is 2.45. The Bertz CT molecular complexity index is 1360. The van der Waals surface area contributed by atoms with Crippen molar-refractivity contribution in [3.8, 4) is 34.3 Å². The molecule has 1 aliphatic rings. The Morgan fingerprint density at radius 3 is 2.23 bits per heavy atom. The number of amides is 1. The third-order valence-corrected chi connectivity index (χ3v) is 6.67. The fourth-order valence-electron chi connectivity index (χ4n) is 4.62. The van der Waals surface area contributed by atoms with Crippen molar-refractivity contribution in [2.75, 3.05) is 45.3 Å². The van der Waals surface area contributed by atoms with Crippen molar-refractivity contribution in [3.05, 3.63) is 47.4 Å². The van der Waals surface area contributed by atoms with Gasteiger partial charge in [0, 0.05) is 32.4 Å². The van der Waals surface area contributed by atoms with Crippen molar-refractivity contribution in [2.24, 2.45) is 0 Å². The molecule has 13 heteroatoms. The summed E-state index contributed by atoms with van der Waals surface area (Å²) in [5.41, 5.74) is -0.446. The van der Waals surface area contributed by atoms with E-state index >= 15 is 0 Å². The van der Waals surface area contributed by atoms with Gasteiger partial charge >= 0.3 is 6.18 Å². The van der Waals surface area contributed by atoms with E-state index in [0.717, 1.165) is 18.7 Å². The van der Waals surface area contributed by atoms with E-state index in [1.807, 2.05) is 6.92 Å². The number of nitrogens with zero attached hydrogens (tertiary/aromatic N) is 5. The number of methoxy groups -OCH3 is 2. The summed E-state index contributed by atoms with van der Waals surface area (Å²) < 4.78 is 50.3. The maximum atomic E-state index is 13.6. The monoisotopic (exact) mass is 561 g/mol. The number of piperazine rings is 1. The van der Waals surface area contributed by atoms with Gasteiger partial charge in [-0.2, -0.15) is 13.2 Å². The summed E-state index contributed by atoms with van der Waals surface area (Å²) in [6.07, 6.45) is -1.62. The van der Waals surface area contributed by atoms with Gasteiger partial charge < -0.3 is 29.5 Å². The van der Waals surface area contributed by atoms with Crippen molar-refractivity contribution in [2.45, 2.75) is 32.4 Å². The van der Waals surface area contributed by atoms with Crippen LogP contribution in [-0.4, -0.2) is 76.4 Å². The molecule has 1 fully saturated rings. The molecule has 0 atom stereocenters. The lowest BCUT2D eigenvalue weighted by atomic mass is 9.95. The second-order valence-corrected chi connectivity index (χ2v) is 9.14. The number of pyridine rings is 1. The number of anilines is 1. The van der Waals surface area contributed by atoms with E-state index in [1.54, 1.807) is 18.2 Å². The third-order valence-electron chi connectivity index (χ3n) is 6.67. The number of hydrogen-bond donors (Lipinski definition) is 2. The van der Waals surface area contributed by atoms with Crippen LogP contribution in [0.2, 0.25) is 0 Å². The highest BCUT2D eigenvalue weighted by molar-refractivity contribution is 6.02. The SMILES string of the molecule is CCCCc1nc(O)c(C(=O)N2CCN(c3nccc(C(F)(F)F)n3)CC2)c(O)c1-c1c(OC)cccc1OC. The molecule has 2 aromatic heterocycles. The number of ether oxygens (including phenoxy) is 2. The highest BCUT2D eigenvalue weighted by Crippen LogP contribution is 2.47. The molecule has 1 saturated heterocycles. The molecule has 0 unspecified atom stereocenters. The second-order valence-electron chi connectivity index (χ2n) is 9.14. The maximum absolute atomic E-state index is 13.6. The number of hydrogen-bond acceptors (Lipinski definition) is 9. The van der Waals surface area contributed by atoms with Gasteiger partial charge in [-0.25, -0.2) is 15.0 Å². The number of aromatic hydroxyl groups is 2. The maximum Gasteiger partial charge on any atom is 0.433 e. The minimum absolute atomic E-state index is 0.0855. The van der Waals surface area contributed by atoms with E-state index in [9.17, 15) is 28.2 Å². The van der Waals surface area contributed by atoms with Gasteiger partial charge in [-0.3, -0.25) is 4.79 Å². The first-order valence-corrected chi connectivity index (χ1v) is 12.7. The fourth-order valence-corrected chi connectivity index (χ4v) is 4.62. The molecule has 2 N–H and O–H groups in total. The van der Waals surface area contributed by atoms with Crippen LogP contribution in [0.3, 0.4) is 0 Å². The van der Waals surface area contributed by atoms with Gasteiger partial charge in [0.2, 0.25) is 11.8 Å². The highest BCUT2D eigenvalue weighted by atomic mass is 19.4. The zero-order valence-corrected chi connectivity index (χ0v) is 22.3. The topological polar surface area (TPSA) is 121 Å². The van der Waals surface area contributed by atoms with Crippen LogP contribution in [0.25, 0.3) is 11.1 Å². The van der Waals surface area contributed by atoms with E-state index in [4.69, 9.17) is 9.47 Å². The lowest BCUT2D eigenvalue weighted by molar-refractivity contribution is -0.141. The van der Waals surface area contributed by atoms with Crippen molar-refractivity contribution in [1.29, 1.82) is 0 Å². The first kappa shape index (κ1) is 28.7. The molecule has 3 aromatic rings. The van der Waals surface area contributed by atoms with Crippen LogP contribution in [0, 0.1) is 0 Å². The van der Waals surface area contributed by atoms with E-state index in [-0.39, 0.29) is 43.3 Å². The van der Waals surface area contributed by atoms with E-state index < -0.39 is 29.4 Å². The summed E-state index contributed by atoms with van der Waals surface area (Å²) in [5.74, 6) is -1.09. The summed E-state index contributed by atoms with van der Waals surface area (Å²) >= 11 is 0. The number of benzene rings is 1. The molecule has 3 heterocycles. The molecular weight excluding hydrogens is 531 g/mol. The number of aromatic nitrogens is 3. The normalized spacial score (nSPS) is 13.8. The number of carbonyl (C=O) groups excluding carboxylic acids is 1. The van der Waals surface area contributed by atoms with Crippen LogP contribution in [-0.2, 0) is 12.6 Å². The van der Waals surface area contributed by atoms with Gasteiger partial charge in [-0.15, -0.1) is 0 Å². The Morgan fingerprint density at radius 1 is 1.00 bits per heavy atom. The number of carbonyl (C=O) groups is 1. The molecule has 1 aliphatic heterocycles. The molecule has 0 saturated carbocycles. The first-order valence-electron chi connectivity index (χ1n) is 12.7. The predicted molar refractivity (Wildman–Crippen MR) is 140 cm³/mol. The quantitative estimate of drug-likeness (QED) is 0.415. The largest absolute Gasteiger partial charge is 0.506 e. The van der Waals surface area contributed by atoms with E-state index in [1.165, 1.54) is 24.0 Å². The Hall–Kier alpha value is -4.29. The van der Waals surface area contributed by atoms with Crippen LogP contribution in [0.15, 0.2) is 30.5 Å². The molecular formula is C27H30F3N5O5. The van der Waals surface area contributed by atoms with Crippen LogP contribution >= 0.6 is 0 Å². The molecule has 1 amide bonds. The highest BCUT2D eigenvalue weighted by Gasteiger charge is 2.35. The first-order chi connectivity index (χ1) is 19.1. The molecule has 4 rings (SSSR count). The molecule has 0 spiro atoms. The summed E-state index contributed by atoms with van der Waals surface area (Å²) in [7, 11) is 2.93. The van der Waals surface area contributed by atoms with Crippen molar-refractivity contribution in [1.82, 2.24) is 19.9 Å². The summed E-state index contributed by atoms with van der Waals surface area (Å²) in [5, 5.41) is 22.3.